The van der Waals surface area contributed by atoms with E-state index in [1.165, 1.54) is 0 Å². The summed E-state index contributed by atoms with van der Waals surface area (Å²) < 4.78 is 10.5. The minimum Gasteiger partial charge on any atom is -0.497 e. The molecule has 1 fully saturated rings. The number of hydrogen-bond acceptors (Lipinski definition) is 6. The first-order valence-corrected chi connectivity index (χ1v) is 7.65. The summed E-state index contributed by atoms with van der Waals surface area (Å²) >= 11 is 0. The number of nitrogens with one attached hydrogen (secondary N) is 3. The summed E-state index contributed by atoms with van der Waals surface area (Å²) in [5, 5.41) is 2.89. The van der Waals surface area contributed by atoms with Crippen LogP contribution in [0.4, 0.5) is 5.69 Å². The van der Waals surface area contributed by atoms with E-state index in [9.17, 15) is 4.79 Å². The highest BCUT2D eigenvalue weighted by Gasteiger charge is 2.30. The maximum atomic E-state index is 12.5. The van der Waals surface area contributed by atoms with Crippen molar-refractivity contribution in [3.8, 4) is 11.5 Å². The third-order valence-corrected chi connectivity index (χ3v) is 3.97. The number of carbonyl (C=O) groups excluding carboxylic acids is 1. The van der Waals surface area contributed by atoms with Crippen LogP contribution in [0.3, 0.4) is 0 Å². The Morgan fingerprint density at radius 1 is 1.25 bits per heavy atom. The SMILES string of the molecule is COc1ccc(NC(=O)C2CC(c3cccnc3)NN2)c(OC)c1. The summed E-state index contributed by atoms with van der Waals surface area (Å²) in [4.78, 5) is 16.6. The van der Waals surface area contributed by atoms with E-state index in [4.69, 9.17) is 9.47 Å². The van der Waals surface area contributed by atoms with Gasteiger partial charge in [-0.15, -0.1) is 0 Å². The van der Waals surface area contributed by atoms with Gasteiger partial charge >= 0.3 is 0 Å². The zero-order valence-corrected chi connectivity index (χ0v) is 13.6. The van der Waals surface area contributed by atoms with Gasteiger partial charge in [-0.25, -0.2) is 10.9 Å². The molecule has 0 radical (unpaired) electrons. The molecule has 126 valence electrons. The first-order valence-electron chi connectivity index (χ1n) is 7.65. The van der Waals surface area contributed by atoms with Gasteiger partial charge in [0, 0.05) is 24.5 Å². The van der Waals surface area contributed by atoms with Gasteiger partial charge in [0.25, 0.3) is 0 Å². The summed E-state index contributed by atoms with van der Waals surface area (Å²) in [6.07, 6.45) is 4.16. The molecule has 2 atom stereocenters. The first-order chi connectivity index (χ1) is 11.7. The fourth-order valence-electron chi connectivity index (χ4n) is 2.65. The normalized spacial score (nSPS) is 19.8. The number of rotatable bonds is 5. The molecule has 7 nitrogen and oxygen atoms in total. The lowest BCUT2D eigenvalue weighted by Crippen LogP contribution is -2.39. The van der Waals surface area contributed by atoms with Gasteiger partial charge in [0.15, 0.2) is 0 Å². The molecule has 1 aromatic heterocycles. The van der Waals surface area contributed by atoms with Crippen molar-refractivity contribution in [3.05, 3.63) is 48.3 Å². The molecule has 0 aliphatic carbocycles. The number of methoxy groups -OCH3 is 2. The minimum absolute atomic E-state index is 0.0483. The topological polar surface area (TPSA) is 84.5 Å². The van der Waals surface area contributed by atoms with Crippen molar-refractivity contribution < 1.29 is 14.3 Å². The third kappa shape index (κ3) is 3.47. The summed E-state index contributed by atoms with van der Waals surface area (Å²) in [5.41, 5.74) is 7.81. The third-order valence-electron chi connectivity index (χ3n) is 3.97. The van der Waals surface area contributed by atoms with E-state index in [-0.39, 0.29) is 18.0 Å². The van der Waals surface area contributed by atoms with Crippen LogP contribution in [0, 0.1) is 0 Å². The van der Waals surface area contributed by atoms with E-state index >= 15 is 0 Å². The fraction of sp³-hybridized carbons (Fsp3) is 0.294. The number of ether oxygens (including phenoxy) is 2. The molecule has 1 amide bonds. The van der Waals surface area contributed by atoms with Crippen LogP contribution in [-0.4, -0.2) is 31.2 Å². The molecule has 0 spiro atoms. The number of nitrogens with zero attached hydrogens (tertiary/aromatic N) is 1. The van der Waals surface area contributed by atoms with Gasteiger partial charge in [-0.2, -0.15) is 0 Å². The van der Waals surface area contributed by atoms with Crippen LogP contribution >= 0.6 is 0 Å². The Morgan fingerprint density at radius 3 is 2.83 bits per heavy atom. The molecule has 2 heterocycles. The highest BCUT2D eigenvalue weighted by molar-refractivity contribution is 5.96. The Balaban J connectivity index is 1.66. The Kier molecular flexibility index (Phi) is 4.93. The highest BCUT2D eigenvalue weighted by Crippen LogP contribution is 2.30. The molecular formula is C17H20N4O3. The maximum Gasteiger partial charge on any atom is 0.243 e. The lowest BCUT2D eigenvalue weighted by Gasteiger charge is -2.14. The molecule has 1 aromatic carbocycles. The molecule has 3 rings (SSSR count). The van der Waals surface area contributed by atoms with Crippen molar-refractivity contribution in [1.29, 1.82) is 0 Å². The number of amides is 1. The van der Waals surface area contributed by atoms with Gasteiger partial charge in [-0.3, -0.25) is 9.78 Å². The van der Waals surface area contributed by atoms with Crippen LogP contribution in [-0.2, 0) is 4.79 Å². The molecule has 1 aliphatic heterocycles. The van der Waals surface area contributed by atoms with Gasteiger partial charge in [0.1, 0.15) is 17.5 Å². The largest absolute Gasteiger partial charge is 0.497 e. The van der Waals surface area contributed by atoms with Gasteiger partial charge < -0.3 is 14.8 Å². The molecule has 7 heteroatoms. The van der Waals surface area contributed by atoms with Crippen LogP contribution < -0.4 is 25.6 Å². The van der Waals surface area contributed by atoms with E-state index in [2.05, 4.69) is 21.2 Å². The minimum atomic E-state index is -0.345. The highest BCUT2D eigenvalue weighted by atomic mass is 16.5. The molecule has 24 heavy (non-hydrogen) atoms. The van der Waals surface area contributed by atoms with E-state index < -0.39 is 0 Å². The summed E-state index contributed by atoms with van der Waals surface area (Å²) in [6, 6.07) is 8.84. The van der Waals surface area contributed by atoms with Crippen molar-refractivity contribution in [2.24, 2.45) is 0 Å². The smallest absolute Gasteiger partial charge is 0.243 e. The molecule has 0 saturated carbocycles. The van der Waals surface area contributed by atoms with Gasteiger partial charge in [0.2, 0.25) is 5.91 Å². The Hall–Kier alpha value is -2.64. The number of carbonyl (C=O) groups is 1. The van der Waals surface area contributed by atoms with Gasteiger partial charge in [-0.05, 0) is 30.2 Å². The Morgan fingerprint density at radius 2 is 2.12 bits per heavy atom. The van der Waals surface area contributed by atoms with Crippen LogP contribution in [0.1, 0.15) is 18.0 Å². The molecular weight excluding hydrogens is 308 g/mol. The molecule has 2 aromatic rings. The first kappa shape index (κ1) is 16.2. The maximum absolute atomic E-state index is 12.5. The van der Waals surface area contributed by atoms with E-state index in [0.29, 0.717) is 23.6 Å². The molecule has 0 bridgehead atoms. The van der Waals surface area contributed by atoms with Crippen molar-refractivity contribution >= 4 is 11.6 Å². The summed E-state index contributed by atoms with van der Waals surface area (Å²) in [5.74, 6) is 1.09. The number of hydrogen-bond donors (Lipinski definition) is 3. The number of hydrazine groups is 1. The molecule has 3 N–H and O–H groups in total. The zero-order valence-electron chi connectivity index (χ0n) is 13.6. The van der Waals surface area contributed by atoms with Crippen molar-refractivity contribution in [2.75, 3.05) is 19.5 Å². The second kappa shape index (κ2) is 7.29. The number of aromatic nitrogens is 1. The predicted molar refractivity (Wildman–Crippen MR) is 89.8 cm³/mol. The molecule has 2 unspecified atom stereocenters. The molecule has 1 saturated heterocycles. The second-order valence-electron chi connectivity index (χ2n) is 5.47. The standard InChI is InChI=1S/C17H20N4O3/c1-23-12-5-6-13(16(8-12)24-2)19-17(22)15-9-14(20-21-15)11-4-3-7-18-10-11/h3-8,10,14-15,20-21H,9H2,1-2H3,(H,19,22). The van der Waals surface area contributed by atoms with E-state index in [1.807, 2.05) is 12.1 Å². The lowest BCUT2D eigenvalue weighted by atomic mass is 10.0. The van der Waals surface area contributed by atoms with Crippen LogP contribution in [0.25, 0.3) is 0 Å². The Labute approximate surface area is 140 Å². The molecule has 1 aliphatic rings. The monoisotopic (exact) mass is 328 g/mol. The second-order valence-corrected chi connectivity index (χ2v) is 5.47. The predicted octanol–water partition coefficient (Wildman–Crippen LogP) is 1.65. The van der Waals surface area contributed by atoms with Crippen molar-refractivity contribution in [3.63, 3.8) is 0 Å². The van der Waals surface area contributed by atoms with E-state index in [0.717, 1.165) is 5.56 Å². The van der Waals surface area contributed by atoms with Crippen molar-refractivity contribution in [2.45, 2.75) is 18.5 Å². The lowest BCUT2D eigenvalue weighted by molar-refractivity contribution is -0.117. The van der Waals surface area contributed by atoms with Gasteiger partial charge in [-0.1, -0.05) is 6.07 Å². The van der Waals surface area contributed by atoms with Gasteiger partial charge in [0.05, 0.1) is 19.9 Å². The average Bonchev–Trinajstić information content (AvgIpc) is 3.13. The Bertz CT molecular complexity index is 708. The van der Waals surface area contributed by atoms with Crippen LogP contribution in [0.15, 0.2) is 42.7 Å². The zero-order chi connectivity index (χ0) is 16.9. The van der Waals surface area contributed by atoms with Crippen molar-refractivity contribution in [1.82, 2.24) is 15.8 Å². The number of pyridine rings is 1. The average molecular weight is 328 g/mol. The van der Waals surface area contributed by atoms with E-state index in [1.54, 1.807) is 44.8 Å². The summed E-state index contributed by atoms with van der Waals surface area (Å²) in [7, 11) is 3.14. The number of benzene rings is 1. The quantitative estimate of drug-likeness (QED) is 0.774. The summed E-state index contributed by atoms with van der Waals surface area (Å²) in [6.45, 7) is 0. The van der Waals surface area contributed by atoms with Crippen LogP contribution in [0.2, 0.25) is 0 Å². The fourth-order valence-corrected chi connectivity index (χ4v) is 2.65. The number of anilines is 1. The van der Waals surface area contributed by atoms with Crippen LogP contribution in [0.5, 0.6) is 11.5 Å².